The van der Waals surface area contributed by atoms with Gasteiger partial charge in [-0.1, -0.05) is 0 Å². The van der Waals surface area contributed by atoms with Crippen LogP contribution in [-0.2, 0) is 0 Å². The average Bonchev–Trinajstić information content (AvgIpc) is 1.60. The SMILES string of the molecule is CN(C)C(CN)C(F)(F)F.Cl.Cl. The van der Waals surface area contributed by atoms with Crippen molar-refractivity contribution in [1.29, 1.82) is 0 Å². The largest absolute Gasteiger partial charge is 0.405 e. The molecule has 1 unspecified atom stereocenters. The monoisotopic (exact) mass is 228 g/mol. The maximum absolute atomic E-state index is 11.8. The van der Waals surface area contributed by atoms with Crippen molar-refractivity contribution < 1.29 is 13.2 Å². The molecule has 0 heterocycles. The molecule has 2 nitrogen and oxygen atoms in total. The van der Waals surface area contributed by atoms with Crippen molar-refractivity contribution in [2.75, 3.05) is 20.6 Å². The molecule has 0 aromatic rings. The van der Waals surface area contributed by atoms with E-state index in [0.29, 0.717) is 0 Å². The second-order valence-corrected chi connectivity index (χ2v) is 2.26. The molecule has 12 heavy (non-hydrogen) atoms. The van der Waals surface area contributed by atoms with E-state index in [9.17, 15) is 13.2 Å². The molecule has 78 valence electrons. The molecule has 0 fully saturated rings. The van der Waals surface area contributed by atoms with Gasteiger partial charge < -0.3 is 5.73 Å². The van der Waals surface area contributed by atoms with Gasteiger partial charge in [0.1, 0.15) is 6.04 Å². The lowest BCUT2D eigenvalue weighted by Gasteiger charge is -2.24. The quantitative estimate of drug-likeness (QED) is 0.772. The Bertz CT molecular complexity index is 107. The van der Waals surface area contributed by atoms with Crippen LogP contribution in [0.5, 0.6) is 0 Å². The highest BCUT2D eigenvalue weighted by molar-refractivity contribution is 5.85. The summed E-state index contributed by atoms with van der Waals surface area (Å²) in [6.07, 6.45) is -4.21. The van der Waals surface area contributed by atoms with Crippen LogP contribution in [0.25, 0.3) is 0 Å². The molecule has 0 saturated heterocycles. The van der Waals surface area contributed by atoms with E-state index in [0.717, 1.165) is 4.90 Å². The highest BCUT2D eigenvalue weighted by Crippen LogP contribution is 2.21. The number of rotatable bonds is 2. The fourth-order valence-corrected chi connectivity index (χ4v) is 0.637. The Kier molecular flexibility index (Phi) is 10.2. The number of nitrogens with zero attached hydrogens (tertiary/aromatic N) is 1. The molecule has 0 aromatic heterocycles. The third kappa shape index (κ3) is 5.88. The summed E-state index contributed by atoms with van der Waals surface area (Å²) in [6, 6.07) is -1.52. The Labute approximate surface area is 82.1 Å². The predicted octanol–water partition coefficient (Wildman–Crippen LogP) is 1.28. The first-order valence-corrected chi connectivity index (χ1v) is 2.82. The van der Waals surface area contributed by atoms with Gasteiger partial charge in [0.25, 0.3) is 0 Å². The van der Waals surface area contributed by atoms with E-state index in [2.05, 4.69) is 0 Å². The van der Waals surface area contributed by atoms with E-state index in [1.165, 1.54) is 14.1 Å². The van der Waals surface area contributed by atoms with Gasteiger partial charge in [0.05, 0.1) is 0 Å². The maximum Gasteiger partial charge on any atom is 0.405 e. The molecule has 7 heteroatoms. The van der Waals surface area contributed by atoms with E-state index in [1.807, 2.05) is 0 Å². The van der Waals surface area contributed by atoms with Crippen molar-refractivity contribution in [2.24, 2.45) is 5.73 Å². The van der Waals surface area contributed by atoms with Crippen LogP contribution in [0.4, 0.5) is 13.2 Å². The van der Waals surface area contributed by atoms with Gasteiger partial charge in [-0.2, -0.15) is 13.2 Å². The first kappa shape index (κ1) is 18.2. The van der Waals surface area contributed by atoms with Gasteiger partial charge in [-0.15, -0.1) is 24.8 Å². The molecule has 0 aliphatic heterocycles. The van der Waals surface area contributed by atoms with Crippen LogP contribution in [0.1, 0.15) is 0 Å². The van der Waals surface area contributed by atoms with Crippen molar-refractivity contribution in [2.45, 2.75) is 12.2 Å². The summed E-state index contributed by atoms with van der Waals surface area (Å²) in [4.78, 5) is 1.06. The molecule has 0 aromatic carbocycles. The molecule has 2 N–H and O–H groups in total. The number of likely N-dealkylation sites (N-methyl/N-ethyl adjacent to an activating group) is 1. The predicted molar refractivity (Wildman–Crippen MR) is 47.1 cm³/mol. The highest BCUT2D eigenvalue weighted by Gasteiger charge is 2.39. The summed E-state index contributed by atoms with van der Waals surface area (Å²) in [5, 5.41) is 0. The number of hydrogen-bond donors (Lipinski definition) is 1. The Balaban J connectivity index is -0.000000405. The molecular weight excluding hydrogens is 216 g/mol. The normalized spacial score (nSPS) is 13.2. The molecule has 1 atom stereocenters. The zero-order valence-corrected chi connectivity index (χ0v) is 8.39. The summed E-state index contributed by atoms with van der Waals surface area (Å²) >= 11 is 0. The topological polar surface area (TPSA) is 29.3 Å². The summed E-state index contributed by atoms with van der Waals surface area (Å²) in [5.74, 6) is 0. The third-order valence-corrected chi connectivity index (χ3v) is 1.22. The van der Waals surface area contributed by atoms with Crippen molar-refractivity contribution >= 4 is 24.8 Å². The maximum atomic E-state index is 11.8. The van der Waals surface area contributed by atoms with E-state index < -0.39 is 18.8 Å². The fourth-order valence-electron chi connectivity index (χ4n) is 0.637. The number of hydrogen-bond acceptors (Lipinski definition) is 2. The van der Waals surface area contributed by atoms with Crippen molar-refractivity contribution in [1.82, 2.24) is 4.90 Å². The van der Waals surface area contributed by atoms with Crippen molar-refractivity contribution in [3.63, 3.8) is 0 Å². The van der Waals surface area contributed by atoms with Gasteiger partial charge in [-0.05, 0) is 14.1 Å². The minimum absolute atomic E-state index is 0. The Morgan fingerprint density at radius 3 is 1.58 bits per heavy atom. The first-order chi connectivity index (χ1) is 4.39. The minimum Gasteiger partial charge on any atom is -0.329 e. The lowest BCUT2D eigenvalue weighted by atomic mass is 10.3. The molecule has 0 rings (SSSR count). The third-order valence-electron chi connectivity index (χ3n) is 1.22. The second-order valence-electron chi connectivity index (χ2n) is 2.26. The van der Waals surface area contributed by atoms with Crippen LogP contribution >= 0.6 is 24.8 Å². The Morgan fingerprint density at radius 2 is 1.58 bits per heavy atom. The number of nitrogens with two attached hydrogens (primary N) is 1. The molecule has 0 radical (unpaired) electrons. The molecule has 0 aliphatic carbocycles. The van der Waals surface area contributed by atoms with Crippen LogP contribution in [0.3, 0.4) is 0 Å². The summed E-state index contributed by atoms with van der Waals surface area (Å²) in [7, 11) is 2.70. The lowest BCUT2D eigenvalue weighted by Crippen LogP contribution is -2.46. The van der Waals surface area contributed by atoms with Gasteiger partial charge in [0.2, 0.25) is 0 Å². The molecular formula is C5H13Cl2F3N2. The van der Waals surface area contributed by atoms with Crippen LogP contribution in [-0.4, -0.2) is 37.8 Å². The lowest BCUT2D eigenvalue weighted by molar-refractivity contribution is -0.174. The molecule has 0 aliphatic rings. The summed E-state index contributed by atoms with van der Waals surface area (Å²) in [5.41, 5.74) is 4.90. The van der Waals surface area contributed by atoms with Gasteiger partial charge in [-0.3, -0.25) is 4.90 Å². The number of alkyl halides is 3. The van der Waals surface area contributed by atoms with E-state index >= 15 is 0 Å². The van der Waals surface area contributed by atoms with E-state index in [4.69, 9.17) is 5.73 Å². The second kappa shape index (κ2) is 6.77. The van der Waals surface area contributed by atoms with Crippen LogP contribution < -0.4 is 5.73 Å². The fraction of sp³-hybridized carbons (Fsp3) is 1.00. The molecule has 0 spiro atoms. The first-order valence-electron chi connectivity index (χ1n) is 2.82. The highest BCUT2D eigenvalue weighted by atomic mass is 35.5. The van der Waals surface area contributed by atoms with E-state index in [1.54, 1.807) is 0 Å². The van der Waals surface area contributed by atoms with Crippen molar-refractivity contribution in [3.8, 4) is 0 Å². The number of halogens is 5. The van der Waals surface area contributed by atoms with Gasteiger partial charge in [-0.25, -0.2) is 0 Å². The standard InChI is InChI=1S/C5H11F3N2.2ClH/c1-10(2)4(3-9)5(6,7)8;;/h4H,3,9H2,1-2H3;2*1H. The van der Waals surface area contributed by atoms with Crippen LogP contribution in [0, 0.1) is 0 Å². The minimum atomic E-state index is -4.21. The zero-order valence-electron chi connectivity index (χ0n) is 6.76. The molecule has 0 amide bonds. The molecule has 0 bridgehead atoms. The smallest absolute Gasteiger partial charge is 0.329 e. The molecule has 0 saturated carbocycles. The summed E-state index contributed by atoms with van der Waals surface area (Å²) < 4.78 is 35.5. The summed E-state index contributed by atoms with van der Waals surface area (Å²) in [6.45, 7) is -0.392. The Hall–Kier alpha value is 0.290. The Morgan fingerprint density at radius 1 is 1.25 bits per heavy atom. The van der Waals surface area contributed by atoms with Gasteiger partial charge >= 0.3 is 6.18 Å². The van der Waals surface area contributed by atoms with Gasteiger partial charge in [0, 0.05) is 6.54 Å². The van der Waals surface area contributed by atoms with Crippen LogP contribution in [0.2, 0.25) is 0 Å². The van der Waals surface area contributed by atoms with E-state index in [-0.39, 0.29) is 24.8 Å². The van der Waals surface area contributed by atoms with Crippen LogP contribution in [0.15, 0.2) is 0 Å². The van der Waals surface area contributed by atoms with Gasteiger partial charge in [0.15, 0.2) is 0 Å². The average molecular weight is 229 g/mol. The zero-order chi connectivity index (χ0) is 8.36. The van der Waals surface area contributed by atoms with Crippen molar-refractivity contribution in [3.05, 3.63) is 0 Å².